The monoisotopic (exact) mass is 470 g/mol. The summed E-state index contributed by atoms with van der Waals surface area (Å²) in [5, 5.41) is 3.78. The number of hydrogen-bond acceptors (Lipinski definition) is 5. The number of morpholine rings is 1. The fourth-order valence-corrected chi connectivity index (χ4v) is 4.91. The molecule has 7 heteroatoms. The number of benzene rings is 1. The highest BCUT2D eigenvalue weighted by molar-refractivity contribution is 7.97. The zero-order chi connectivity index (χ0) is 23.5. The van der Waals surface area contributed by atoms with Crippen LogP contribution in [-0.4, -0.2) is 67.3 Å². The molecule has 1 saturated heterocycles. The fraction of sp³-hybridized carbons (Fsp3) is 0.423. The van der Waals surface area contributed by atoms with E-state index in [9.17, 15) is 4.39 Å². The molecule has 0 amide bonds. The van der Waals surface area contributed by atoms with E-state index in [1.54, 1.807) is 0 Å². The lowest BCUT2D eigenvalue weighted by atomic mass is 9.97. The van der Waals surface area contributed by atoms with Gasteiger partial charge >= 0.3 is 0 Å². The van der Waals surface area contributed by atoms with Crippen LogP contribution in [0.2, 0.25) is 0 Å². The zero-order valence-electron chi connectivity index (χ0n) is 19.9. The van der Waals surface area contributed by atoms with Crippen LogP contribution in [0.5, 0.6) is 0 Å². The van der Waals surface area contributed by atoms with Crippen LogP contribution in [0.1, 0.15) is 12.1 Å². The molecule has 0 bridgehead atoms. The first-order valence-electron chi connectivity index (χ1n) is 11.4. The van der Waals surface area contributed by atoms with Crippen molar-refractivity contribution in [1.82, 2.24) is 14.5 Å². The average molecular weight is 471 g/mol. The third-order valence-corrected chi connectivity index (χ3v) is 6.44. The maximum Gasteiger partial charge on any atom is 0.114 e. The molecule has 33 heavy (non-hydrogen) atoms. The van der Waals surface area contributed by atoms with Gasteiger partial charge in [-0.1, -0.05) is 30.3 Å². The molecule has 3 aromatic rings. The molecule has 0 atom stereocenters. The van der Waals surface area contributed by atoms with Gasteiger partial charge in [0, 0.05) is 61.6 Å². The molecule has 1 fully saturated rings. The second-order valence-corrected chi connectivity index (χ2v) is 8.74. The van der Waals surface area contributed by atoms with Crippen LogP contribution >= 0.6 is 11.8 Å². The van der Waals surface area contributed by atoms with Crippen LogP contribution in [0.25, 0.3) is 22.3 Å². The highest BCUT2D eigenvalue weighted by Gasteiger charge is 2.23. The van der Waals surface area contributed by atoms with E-state index in [1.807, 2.05) is 24.2 Å². The Hall–Kier alpha value is -2.35. The largest absolute Gasteiger partial charge is 0.379 e. The van der Waals surface area contributed by atoms with Crippen molar-refractivity contribution in [3.8, 4) is 22.3 Å². The van der Waals surface area contributed by atoms with E-state index in [-0.39, 0.29) is 0 Å². The SMILES string of the molecule is CF.CSCc1c(-c2ccccc2)c(-c2ccncc2)c(NCCCN2CCOCC2)n1C. The van der Waals surface area contributed by atoms with Crippen LogP contribution < -0.4 is 5.32 Å². The Labute approximate surface area is 201 Å². The average Bonchev–Trinajstić information content (AvgIpc) is 3.16. The first-order valence-corrected chi connectivity index (χ1v) is 12.8. The molecule has 1 N–H and O–H groups in total. The summed E-state index contributed by atoms with van der Waals surface area (Å²) in [6.07, 6.45) is 7.05. The number of pyridine rings is 1. The van der Waals surface area contributed by atoms with Crippen LogP contribution in [0.4, 0.5) is 10.2 Å². The molecule has 0 unspecified atom stereocenters. The minimum Gasteiger partial charge on any atom is -0.379 e. The van der Waals surface area contributed by atoms with Gasteiger partial charge < -0.3 is 14.6 Å². The molecular weight excluding hydrogens is 435 g/mol. The summed E-state index contributed by atoms with van der Waals surface area (Å²) in [4.78, 5) is 6.74. The number of thioether (sulfide) groups is 1. The van der Waals surface area contributed by atoms with Crippen molar-refractivity contribution in [2.45, 2.75) is 12.2 Å². The van der Waals surface area contributed by atoms with Gasteiger partial charge in [0.1, 0.15) is 5.82 Å². The zero-order valence-corrected chi connectivity index (χ0v) is 20.7. The van der Waals surface area contributed by atoms with Gasteiger partial charge in [0.15, 0.2) is 0 Å². The van der Waals surface area contributed by atoms with Crippen LogP contribution in [0.15, 0.2) is 54.9 Å². The van der Waals surface area contributed by atoms with Gasteiger partial charge in [-0.2, -0.15) is 11.8 Å². The molecule has 1 aliphatic rings. The van der Waals surface area contributed by atoms with Gasteiger partial charge in [-0.05, 0) is 42.5 Å². The molecule has 0 radical (unpaired) electrons. The minimum atomic E-state index is 0.500. The van der Waals surface area contributed by atoms with Crippen LogP contribution in [0, 0.1) is 0 Å². The van der Waals surface area contributed by atoms with Crippen molar-refractivity contribution in [2.24, 2.45) is 7.05 Å². The number of nitrogens with zero attached hydrogens (tertiary/aromatic N) is 3. The van der Waals surface area contributed by atoms with Crippen molar-refractivity contribution >= 4 is 17.6 Å². The Morgan fingerprint density at radius 2 is 1.67 bits per heavy atom. The van der Waals surface area contributed by atoms with Gasteiger partial charge in [-0.15, -0.1) is 0 Å². The normalized spacial score (nSPS) is 13.9. The van der Waals surface area contributed by atoms with E-state index in [1.165, 1.54) is 33.8 Å². The van der Waals surface area contributed by atoms with Gasteiger partial charge in [0.25, 0.3) is 0 Å². The van der Waals surface area contributed by atoms with E-state index in [4.69, 9.17) is 4.74 Å². The Morgan fingerprint density at radius 3 is 2.33 bits per heavy atom. The summed E-state index contributed by atoms with van der Waals surface area (Å²) in [6, 6.07) is 15.0. The van der Waals surface area contributed by atoms with Gasteiger partial charge in [-0.25, -0.2) is 0 Å². The molecule has 178 valence electrons. The standard InChI is InChI=1S/C25H32N4OS.CH3F/c1-28-22(19-31-2)23(20-7-4-3-5-8-20)24(21-9-12-26-13-10-21)25(28)27-11-6-14-29-15-17-30-18-16-29;1-2/h3-5,7-10,12-13,27H,6,11,14-19H2,1-2H3;1H3. The minimum absolute atomic E-state index is 0.500. The quantitative estimate of drug-likeness (QED) is 0.428. The van der Waals surface area contributed by atoms with Crippen molar-refractivity contribution < 1.29 is 9.13 Å². The Bertz CT molecular complexity index is 959. The Balaban J connectivity index is 0.00000149. The van der Waals surface area contributed by atoms with Crippen molar-refractivity contribution in [3.63, 3.8) is 0 Å². The summed E-state index contributed by atoms with van der Waals surface area (Å²) in [6.45, 7) is 5.85. The third kappa shape index (κ3) is 6.37. The lowest BCUT2D eigenvalue weighted by molar-refractivity contribution is 0.0378. The number of hydrogen-bond donors (Lipinski definition) is 1. The summed E-state index contributed by atoms with van der Waals surface area (Å²) in [5.41, 5.74) is 6.40. The first-order chi connectivity index (χ1) is 16.3. The molecular formula is C26H35FN4OS. The number of ether oxygens (including phenoxy) is 1. The lowest BCUT2D eigenvalue weighted by Gasteiger charge is -2.26. The molecule has 1 aliphatic heterocycles. The summed E-state index contributed by atoms with van der Waals surface area (Å²) < 4.78 is 17.3. The van der Waals surface area contributed by atoms with Crippen LogP contribution in [0.3, 0.4) is 0 Å². The highest BCUT2D eigenvalue weighted by atomic mass is 32.2. The number of halogens is 1. The molecule has 5 nitrogen and oxygen atoms in total. The Kier molecular flexibility index (Phi) is 10.2. The second kappa shape index (κ2) is 13.4. The maximum absolute atomic E-state index is 9.50. The number of aromatic nitrogens is 2. The topological polar surface area (TPSA) is 42.3 Å². The third-order valence-electron chi connectivity index (χ3n) is 5.88. The van der Waals surface area contributed by atoms with Crippen molar-refractivity contribution in [1.29, 1.82) is 0 Å². The van der Waals surface area contributed by atoms with Gasteiger partial charge in [0.2, 0.25) is 0 Å². The second-order valence-electron chi connectivity index (χ2n) is 7.87. The molecule has 1 aromatic carbocycles. The van der Waals surface area contributed by atoms with Gasteiger partial charge in [0.05, 0.1) is 20.4 Å². The van der Waals surface area contributed by atoms with E-state index in [2.05, 4.69) is 75.5 Å². The smallest absolute Gasteiger partial charge is 0.114 e. The number of alkyl halides is 1. The first kappa shape index (κ1) is 25.3. The molecule has 3 heterocycles. The number of anilines is 1. The van der Waals surface area contributed by atoms with Crippen LogP contribution in [-0.2, 0) is 17.5 Å². The van der Waals surface area contributed by atoms with Crippen molar-refractivity contribution in [3.05, 3.63) is 60.6 Å². The van der Waals surface area contributed by atoms with Crippen molar-refractivity contribution in [2.75, 3.05) is 58.1 Å². The fourth-order valence-electron chi connectivity index (χ4n) is 4.30. The molecule has 0 aliphatic carbocycles. The van der Waals surface area contributed by atoms with E-state index in [0.717, 1.165) is 51.6 Å². The molecule has 0 saturated carbocycles. The highest BCUT2D eigenvalue weighted by Crippen LogP contribution is 2.43. The van der Waals surface area contributed by atoms with Gasteiger partial charge in [-0.3, -0.25) is 14.3 Å². The summed E-state index contributed by atoms with van der Waals surface area (Å²) >= 11 is 1.86. The summed E-state index contributed by atoms with van der Waals surface area (Å²) in [5.74, 6) is 2.16. The number of nitrogens with one attached hydrogen (secondary N) is 1. The summed E-state index contributed by atoms with van der Waals surface area (Å²) in [7, 11) is 2.69. The van der Waals surface area contributed by atoms with E-state index >= 15 is 0 Å². The predicted molar refractivity (Wildman–Crippen MR) is 139 cm³/mol. The Morgan fingerprint density at radius 1 is 1.00 bits per heavy atom. The molecule has 2 aromatic heterocycles. The molecule has 0 spiro atoms. The lowest BCUT2D eigenvalue weighted by Crippen LogP contribution is -2.37. The van der Waals surface area contributed by atoms with E-state index < -0.39 is 0 Å². The maximum atomic E-state index is 9.50. The predicted octanol–water partition coefficient (Wildman–Crippen LogP) is 5.34. The number of rotatable bonds is 9. The van der Waals surface area contributed by atoms with E-state index in [0.29, 0.717) is 7.18 Å². The molecule has 4 rings (SSSR count).